The predicted molar refractivity (Wildman–Crippen MR) is 96.6 cm³/mol. The van der Waals surface area contributed by atoms with E-state index in [2.05, 4.69) is 23.6 Å². The van der Waals surface area contributed by atoms with Gasteiger partial charge in [0.2, 0.25) is 0 Å². The Morgan fingerprint density at radius 1 is 1.09 bits per heavy atom. The molecule has 2 saturated heterocycles. The summed E-state index contributed by atoms with van der Waals surface area (Å²) in [5.74, 6) is 0.387. The second-order valence-electron chi connectivity index (χ2n) is 7.04. The molecule has 1 unspecified atom stereocenters. The molecule has 0 saturated carbocycles. The number of carbonyl (C=O) groups excluding carboxylic acids is 1. The molecule has 2 aliphatic rings. The molecule has 0 aromatic heterocycles. The van der Waals surface area contributed by atoms with Gasteiger partial charge in [-0.25, -0.2) is 0 Å². The Morgan fingerprint density at radius 2 is 1.74 bits per heavy atom. The number of ketones is 1. The lowest BCUT2D eigenvalue weighted by atomic mass is 10.0. The van der Waals surface area contributed by atoms with Crippen LogP contribution in [0.1, 0.15) is 43.2 Å². The number of nitrogens with zero attached hydrogens (tertiary/aromatic N) is 2. The molecule has 4 heteroatoms. The summed E-state index contributed by atoms with van der Waals surface area (Å²) in [5.41, 5.74) is 3.56. The predicted octanol–water partition coefficient (Wildman–Crippen LogP) is 3.98. The van der Waals surface area contributed by atoms with Crippen molar-refractivity contribution in [3.8, 4) is 0 Å². The number of Topliss-reactive ketones (excluding diaryl/α,β-unsaturated/α-hetero) is 1. The first-order chi connectivity index (χ1) is 11.1. The smallest absolute Gasteiger partial charge is 0.169 e. The average Bonchev–Trinajstić information content (AvgIpc) is 2.96. The van der Waals surface area contributed by atoms with Crippen molar-refractivity contribution in [3.63, 3.8) is 0 Å². The molecule has 3 nitrogen and oxygen atoms in total. The molecule has 3 rings (SSSR count). The van der Waals surface area contributed by atoms with Crippen molar-refractivity contribution >= 4 is 23.1 Å². The van der Waals surface area contributed by atoms with Crippen LogP contribution in [0.25, 0.3) is 0 Å². The van der Waals surface area contributed by atoms with Crippen LogP contribution in [-0.2, 0) is 4.79 Å². The molecule has 23 heavy (non-hydrogen) atoms. The van der Waals surface area contributed by atoms with Crippen LogP contribution in [0.4, 0.5) is 5.69 Å². The maximum absolute atomic E-state index is 12.9. The molecular formula is C19H27ClN2O. The number of rotatable bonds is 4. The molecule has 0 radical (unpaired) electrons. The van der Waals surface area contributed by atoms with Gasteiger partial charge in [0.05, 0.1) is 12.6 Å². The Kier molecular flexibility index (Phi) is 5.27. The monoisotopic (exact) mass is 334 g/mol. The van der Waals surface area contributed by atoms with Gasteiger partial charge in [-0.15, -0.1) is 0 Å². The van der Waals surface area contributed by atoms with Gasteiger partial charge in [-0.2, -0.15) is 0 Å². The van der Waals surface area contributed by atoms with Gasteiger partial charge >= 0.3 is 0 Å². The van der Waals surface area contributed by atoms with E-state index in [4.69, 9.17) is 11.6 Å². The normalized spacial score (nSPS) is 22.6. The molecule has 0 aliphatic carbocycles. The number of carbonyl (C=O) groups is 1. The van der Waals surface area contributed by atoms with Crippen molar-refractivity contribution in [2.24, 2.45) is 0 Å². The van der Waals surface area contributed by atoms with E-state index in [0.717, 1.165) is 37.5 Å². The Balaban J connectivity index is 1.76. The number of hydrogen-bond donors (Lipinski definition) is 0. The molecule has 0 spiro atoms. The Bertz CT molecular complexity index is 558. The number of piperidine rings is 1. The second kappa shape index (κ2) is 7.23. The fraction of sp³-hybridized carbons (Fsp3) is 0.632. The van der Waals surface area contributed by atoms with Gasteiger partial charge in [-0.1, -0.05) is 18.0 Å². The summed E-state index contributed by atoms with van der Waals surface area (Å²) in [5, 5.41) is 0.777. The fourth-order valence-electron chi connectivity index (χ4n) is 4.17. The lowest BCUT2D eigenvalue weighted by molar-refractivity contribution is -0.121. The lowest BCUT2D eigenvalue weighted by Gasteiger charge is -2.32. The van der Waals surface area contributed by atoms with Gasteiger partial charge < -0.3 is 4.90 Å². The average molecular weight is 335 g/mol. The third-order valence-corrected chi connectivity index (χ3v) is 5.41. The third kappa shape index (κ3) is 3.72. The molecule has 126 valence electrons. The summed E-state index contributed by atoms with van der Waals surface area (Å²) in [6, 6.07) is 4.05. The Morgan fingerprint density at radius 3 is 2.39 bits per heavy atom. The van der Waals surface area contributed by atoms with Crippen molar-refractivity contribution in [1.82, 2.24) is 4.90 Å². The lowest BCUT2D eigenvalue weighted by Crippen LogP contribution is -2.44. The van der Waals surface area contributed by atoms with Crippen LogP contribution >= 0.6 is 11.6 Å². The van der Waals surface area contributed by atoms with Gasteiger partial charge in [0, 0.05) is 17.3 Å². The minimum Gasteiger partial charge on any atom is -0.361 e. The zero-order valence-electron chi connectivity index (χ0n) is 14.3. The van der Waals surface area contributed by atoms with E-state index in [1.165, 1.54) is 36.1 Å². The largest absolute Gasteiger partial charge is 0.361 e. The minimum absolute atomic E-state index is 0.0375. The number of hydrogen-bond acceptors (Lipinski definition) is 3. The first-order valence-corrected chi connectivity index (χ1v) is 9.22. The Labute approximate surface area is 144 Å². The number of likely N-dealkylation sites (tertiary alicyclic amines) is 1. The van der Waals surface area contributed by atoms with Crippen molar-refractivity contribution < 1.29 is 4.79 Å². The van der Waals surface area contributed by atoms with Gasteiger partial charge in [0.1, 0.15) is 0 Å². The molecule has 1 atom stereocenters. The summed E-state index contributed by atoms with van der Waals surface area (Å²) >= 11 is 6.16. The van der Waals surface area contributed by atoms with Crippen LogP contribution in [-0.4, -0.2) is 42.9 Å². The summed E-state index contributed by atoms with van der Waals surface area (Å²) in [6.45, 7) is 7.94. The van der Waals surface area contributed by atoms with E-state index in [-0.39, 0.29) is 6.04 Å². The highest BCUT2D eigenvalue weighted by Crippen LogP contribution is 2.34. The molecule has 1 aromatic rings. The van der Waals surface area contributed by atoms with E-state index in [0.29, 0.717) is 12.3 Å². The summed E-state index contributed by atoms with van der Waals surface area (Å²) in [6.07, 6.45) is 5.85. The maximum atomic E-state index is 12.9. The summed E-state index contributed by atoms with van der Waals surface area (Å²) < 4.78 is 0. The van der Waals surface area contributed by atoms with Gasteiger partial charge in [0.15, 0.2) is 5.78 Å². The highest BCUT2D eigenvalue weighted by molar-refractivity contribution is 6.30. The van der Waals surface area contributed by atoms with Gasteiger partial charge in [0.25, 0.3) is 0 Å². The zero-order chi connectivity index (χ0) is 16.4. The fourth-order valence-corrected chi connectivity index (χ4v) is 4.50. The van der Waals surface area contributed by atoms with Crippen molar-refractivity contribution in [3.05, 3.63) is 28.3 Å². The third-order valence-electron chi connectivity index (χ3n) is 5.20. The molecular weight excluding hydrogens is 308 g/mol. The van der Waals surface area contributed by atoms with Gasteiger partial charge in [-0.05, 0) is 75.9 Å². The molecule has 1 aromatic carbocycles. The SMILES string of the molecule is Cc1cc(Cl)cc(C)c1N1CCCC1C(=O)CN1CCCCC1. The number of halogens is 1. The second-order valence-corrected chi connectivity index (χ2v) is 7.48. The van der Waals surface area contributed by atoms with E-state index >= 15 is 0 Å². The number of aryl methyl sites for hydroxylation is 2. The zero-order valence-corrected chi connectivity index (χ0v) is 15.0. The summed E-state index contributed by atoms with van der Waals surface area (Å²) in [4.78, 5) is 17.5. The standard InChI is InChI=1S/C19H27ClN2O/c1-14-11-16(20)12-15(2)19(14)22-10-6-7-17(22)18(23)13-21-8-4-3-5-9-21/h11-12,17H,3-10,13H2,1-2H3. The molecule has 2 aliphatic heterocycles. The van der Waals surface area contributed by atoms with Gasteiger partial charge in [-0.3, -0.25) is 9.69 Å². The van der Waals surface area contributed by atoms with Crippen LogP contribution < -0.4 is 4.90 Å². The first-order valence-electron chi connectivity index (χ1n) is 8.85. The van der Waals surface area contributed by atoms with Crippen LogP contribution in [0, 0.1) is 13.8 Å². The number of benzene rings is 1. The van der Waals surface area contributed by atoms with E-state index < -0.39 is 0 Å². The summed E-state index contributed by atoms with van der Waals surface area (Å²) in [7, 11) is 0. The van der Waals surface area contributed by atoms with Crippen molar-refractivity contribution in [2.75, 3.05) is 31.1 Å². The molecule has 2 fully saturated rings. The molecule has 0 bridgehead atoms. The highest BCUT2D eigenvalue weighted by atomic mass is 35.5. The minimum atomic E-state index is 0.0375. The topological polar surface area (TPSA) is 23.6 Å². The van der Waals surface area contributed by atoms with E-state index in [9.17, 15) is 4.79 Å². The quantitative estimate of drug-likeness (QED) is 0.832. The molecule has 0 amide bonds. The highest BCUT2D eigenvalue weighted by Gasteiger charge is 2.33. The van der Waals surface area contributed by atoms with Crippen molar-refractivity contribution in [1.29, 1.82) is 0 Å². The number of anilines is 1. The first kappa shape index (κ1) is 16.8. The van der Waals surface area contributed by atoms with E-state index in [1.807, 2.05) is 12.1 Å². The Hall–Kier alpha value is -1.06. The van der Waals surface area contributed by atoms with Crippen LogP contribution in [0.5, 0.6) is 0 Å². The van der Waals surface area contributed by atoms with Crippen LogP contribution in [0.15, 0.2) is 12.1 Å². The molecule has 2 heterocycles. The van der Waals surface area contributed by atoms with E-state index in [1.54, 1.807) is 0 Å². The van der Waals surface area contributed by atoms with Crippen molar-refractivity contribution in [2.45, 2.75) is 52.0 Å². The molecule has 0 N–H and O–H groups in total. The van der Waals surface area contributed by atoms with Crippen LogP contribution in [0.3, 0.4) is 0 Å². The van der Waals surface area contributed by atoms with Crippen LogP contribution in [0.2, 0.25) is 5.02 Å². The maximum Gasteiger partial charge on any atom is 0.169 e.